The zero-order valence-electron chi connectivity index (χ0n) is 10.8. The molecule has 3 N–H and O–H groups in total. The van der Waals surface area contributed by atoms with E-state index in [0.717, 1.165) is 5.56 Å². The van der Waals surface area contributed by atoms with Crippen LogP contribution in [0.2, 0.25) is 5.02 Å². The molecule has 112 valence electrons. The Balaban J connectivity index is 2.00. The predicted molar refractivity (Wildman–Crippen MR) is 75.1 cm³/mol. The number of hydrogen-bond acceptors (Lipinski definition) is 4. The van der Waals surface area contributed by atoms with Crippen molar-refractivity contribution in [1.29, 1.82) is 0 Å². The first kappa shape index (κ1) is 15.4. The van der Waals surface area contributed by atoms with Gasteiger partial charge in [-0.3, -0.25) is 0 Å². The zero-order chi connectivity index (χ0) is 15.5. The summed E-state index contributed by atoms with van der Waals surface area (Å²) in [5.74, 6) is -1.44. The van der Waals surface area contributed by atoms with Gasteiger partial charge in [-0.2, -0.15) is 13.2 Å². The molecule has 0 amide bonds. The Kier molecular flexibility index (Phi) is 4.52. The number of hydrogen-bond donors (Lipinski definition) is 2. The van der Waals surface area contributed by atoms with Crippen molar-refractivity contribution in [2.75, 3.05) is 17.6 Å². The first-order chi connectivity index (χ1) is 9.84. The van der Waals surface area contributed by atoms with Crippen LogP contribution >= 0.6 is 11.6 Å². The third kappa shape index (κ3) is 4.49. The van der Waals surface area contributed by atoms with Crippen LogP contribution in [-0.4, -0.2) is 16.5 Å². The minimum atomic E-state index is -4.62. The maximum absolute atomic E-state index is 12.6. The number of halogens is 4. The van der Waals surface area contributed by atoms with E-state index in [2.05, 4.69) is 15.3 Å². The molecule has 0 aliphatic heterocycles. The lowest BCUT2D eigenvalue weighted by atomic mass is 10.1. The summed E-state index contributed by atoms with van der Waals surface area (Å²) in [7, 11) is 0. The fourth-order valence-electron chi connectivity index (χ4n) is 1.67. The van der Waals surface area contributed by atoms with Crippen LogP contribution in [0.3, 0.4) is 0 Å². The first-order valence-electron chi connectivity index (χ1n) is 6.04. The van der Waals surface area contributed by atoms with Gasteiger partial charge in [-0.1, -0.05) is 23.7 Å². The van der Waals surface area contributed by atoms with E-state index in [-0.39, 0.29) is 11.6 Å². The van der Waals surface area contributed by atoms with E-state index in [9.17, 15) is 13.2 Å². The molecule has 0 bridgehead atoms. The van der Waals surface area contributed by atoms with Crippen molar-refractivity contribution in [3.05, 3.63) is 46.7 Å². The molecule has 2 aromatic rings. The van der Waals surface area contributed by atoms with Crippen molar-refractivity contribution < 1.29 is 13.2 Å². The van der Waals surface area contributed by atoms with Crippen molar-refractivity contribution in [3.63, 3.8) is 0 Å². The lowest BCUT2D eigenvalue weighted by Gasteiger charge is -2.10. The highest BCUT2D eigenvalue weighted by atomic mass is 35.5. The summed E-state index contributed by atoms with van der Waals surface area (Å²) in [4.78, 5) is 6.57. The summed E-state index contributed by atoms with van der Waals surface area (Å²) < 4.78 is 37.7. The summed E-state index contributed by atoms with van der Waals surface area (Å²) in [5, 5.41) is 3.43. The van der Waals surface area contributed by atoms with E-state index in [1.54, 1.807) is 12.1 Å². The van der Waals surface area contributed by atoms with E-state index in [1.165, 1.54) is 6.07 Å². The third-order valence-corrected chi connectivity index (χ3v) is 2.88. The molecule has 0 fully saturated rings. The van der Waals surface area contributed by atoms with Gasteiger partial charge in [-0.05, 0) is 24.1 Å². The Labute approximate surface area is 124 Å². The van der Waals surface area contributed by atoms with Crippen molar-refractivity contribution in [2.45, 2.75) is 12.6 Å². The molecular weight excluding hydrogens is 305 g/mol. The molecule has 0 radical (unpaired) electrons. The standard InChI is InChI=1S/C13H12ClF3N4/c14-9-3-1-8(2-4-9)5-6-19-11-7-10(18)20-12(21-11)13(15,16)17/h1-4,7H,5-6H2,(H3,18,19,20,21). The SMILES string of the molecule is Nc1cc(NCCc2ccc(Cl)cc2)nc(C(F)(F)F)n1. The van der Waals surface area contributed by atoms with Gasteiger partial charge in [-0.25, -0.2) is 9.97 Å². The number of rotatable bonds is 4. The van der Waals surface area contributed by atoms with Crippen LogP contribution in [0.1, 0.15) is 11.4 Å². The number of nitrogen functional groups attached to an aromatic ring is 1. The zero-order valence-corrected chi connectivity index (χ0v) is 11.5. The van der Waals surface area contributed by atoms with Crippen LogP contribution in [0.15, 0.2) is 30.3 Å². The quantitative estimate of drug-likeness (QED) is 0.907. The normalized spacial score (nSPS) is 11.4. The van der Waals surface area contributed by atoms with E-state index < -0.39 is 12.0 Å². The molecule has 4 nitrogen and oxygen atoms in total. The van der Waals surface area contributed by atoms with E-state index in [0.29, 0.717) is 18.0 Å². The van der Waals surface area contributed by atoms with Gasteiger partial charge in [0.25, 0.3) is 0 Å². The van der Waals surface area contributed by atoms with Crippen molar-refractivity contribution >= 4 is 23.2 Å². The largest absolute Gasteiger partial charge is 0.451 e. The first-order valence-corrected chi connectivity index (χ1v) is 6.42. The molecule has 0 spiro atoms. The molecular formula is C13H12ClF3N4. The second kappa shape index (κ2) is 6.17. The molecule has 0 saturated carbocycles. The van der Waals surface area contributed by atoms with Gasteiger partial charge in [0.1, 0.15) is 11.6 Å². The molecule has 1 aromatic carbocycles. The smallest absolute Gasteiger partial charge is 0.384 e. The third-order valence-electron chi connectivity index (χ3n) is 2.63. The number of nitrogens with zero attached hydrogens (tertiary/aromatic N) is 2. The lowest BCUT2D eigenvalue weighted by molar-refractivity contribution is -0.144. The van der Waals surface area contributed by atoms with Gasteiger partial charge in [-0.15, -0.1) is 0 Å². The highest BCUT2D eigenvalue weighted by molar-refractivity contribution is 6.30. The minimum absolute atomic E-state index is 0.0452. The average Bonchev–Trinajstić information content (AvgIpc) is 2.39. The number of nitrogens with two attached hydrogens (primary N) is 1. The van der Waals surface area contributed by atoms with Gasteiger partial charge in [0.2, 0.25) is 5.82 Å². The summed E-state index contributed by atoms with van der Waals surface area (Å²) in [6, 6.07) is 8.46. The Morgan fingerprint density at radius 2 is 1.81 bits per heavy atom. The fourth-order valence-corrected chi connectivity index (χ4v) is 1.80. The molecule has 2 rings (SSSR count). The lowest BCUT2D eigenvalue weighted by Crippen LogP contribution is -2.15. The van der Waals surface area contributed by atoms with Crippen LogP contribution < -0.4 is 11.1 Å². The van der Waals surface area contributed by atoms with E-state index >= 15 is 0 Å². The number of anilines is 2. The van der Waals surface area contributed by atoms with Crippen molar-refractivity contribution in [1.82, 2.24) is 9.97 Å². The fraction of sp³-hybridized carbons (Fsp3) is 0.231. The van der Waals surface area contributed by atoms with Crippen LogP contribution in [0.25, 0.3) is 0 Å². The summed E-state index contributed by atoms with van der Waals surface area (Å²) in [6.07, 6.45) is -4.01. The number of alkyl halides is 3. The maximum Gasteiger partial charge on any atom is 0.451 e. The average molecular weight is 317 g/mol. The molecule has 0 saturated heterocycles. The summed E-state index contributed by atoms with van der Waals surface area (Å²) in [6.45, 7) is 0.412. The van der Waals surface area contributed by atoms with Gasteiger partial charge in [0.15, 0.2) is 0 Å². The monoisotopic (exact) mass is 316 g/mol. The number of nitrogens with one attached hydrogen (secondary N) is 1. The molecule has 0 aliphatic rings. The number of benzene rings is 1. The Morgan fingerprint density at radius 1 is 1.14 bits per heavy atom. The van der Waals surface area contributed by atoms with E-state index in [4.69, 9.17) is 17.3 Å². The van der Waals surface area contributed by atoms with Crippen molar-refractivity contribution in [2.24, 2.45) is 0 Å². The minimum Gasteiger partial charge on any atom is -0.384 e. The van der Waals surface area contributed by atoms with E-state index in [1.807, 2.05) is 12.1 Å². The molecule has 0 atom stereocenters. The molecule has 0 aliphatic carbocycles. The van der Waals surface area contributed by atoms with Crippen molar-refractivity contribution in [3.8, 4) is 0 Å². The Hall–Kier alpha value is -2.02. The van der Waals surface area contributed by atoms with Gasteiger partial charge < -0.3 is 11.1 Å². The predicted octanol–water partition coefficient (Wildman–Crippen LogP) is 3.39. The molecule has 21 heavy (non-hydrogen) atoms. The summed E-state index contributed by atoms with van der Waals surface area (Å²) in [5.41, 5.74) is 6.35. The molecule has 0 unspecified atom stereocenters. The van der Waals surface area contributed by atoms with Crippen LogP contribution in [-0.2, 0) is 12.6 Å². The second-order valence-electron chi connectivity index (χ2n) is 4.30. The molecule has 1 aromatic heterocycles. The van der Waals surface area contributed by atoms with Crippen LogP contribution in [0.5, 0.6) is 0 Å². The second-order valence-corrected chi connectivity index (χ2v) is 4.74. The van der Waals surface area contributed by atoms with Gasteiger partial charge in [0, 0.05) is 17.6 Å². The molecule has 1 heterocycles. The topological polar surface area (TPSA) is 63.8 Å². The van der Waals surface area contributed by atoms with Gasteiger partial charge in [0.05, 0.1) is 0 Å². The number of aromatic nitrogens is 2. The maximum atomic E-state index is 12.6. The Morgan fingerprint density at radius 3 is 2.43 bits per heavy atom. The van der Waals surface area contributed by atoms with Crippen LogP contribution in [0, 0.1) is 0 Å². The van der Waals surface area contributed by atoms with Gasteiger partial charge >= 0.3 is 6.18 Å². The highest BCUT2D eigenvalue weighted by Crippen LogP contribution is 2.27. The molecule has 8 heteroatoms. The van der Waals surface area contributed by atoms with Crippen LogP contribution in [0.4, 0.5) is 24.8 Å². The Bertz CT molecular complexity index is 614. The summed E-state index contributed by atoms with van der Waals surface area (Å²) >= 11 is 5.77. The highest BCUT2D eigenvalue weighted by Gasteiger charge is 2.35.